The van der Waals surface area contributed by atoms with Crippen LogP contribution in [-0.2, 0) is 4.74 Å². The van der Waals surface area contributed by atoms with Gasteiger partial charge in [-0.3, -0.25) is 0 Å². The summed E-state index contributed by atoms with van der Waals surface area (Å²) in [5.41, 5.74) is 0.213. The van der Waals surface area contributed by atoms with Crippen LogP contribution in [0.3, 0.4) is 0 Å². The summed E-state index contributed by atoms with van der Waals surface area (Å²) in [6, 6.07) is 10.6. The van der Waals surface area contributed by atoms with Gasteiger partial charge in [-0.25, -0.2) is 9.78 Å². The van der Waals surface area contributed by atoms with Gasteiger partial charge < -0.3 is 9.47 Å². The lowest BCUT2D eigenvalue weighted by molar-refractivity contribution is 0.0593. The molecule has 0 amide bonds. The highest BCUT2D eigenvalue weighted by atomic mass is 79.9. The maximum atomic E-state index is 11.3. The average Bonchev–Trinajstić information content (AvgIpc) is 2.38. The SMILES string of the molecule is COC(=O)c1cc(Oc2cccc(Br)c2)ccn1. The van der Waals surface area contributed by atoms with Crippen LogP contribution >= 0.6 is 15.9 Å². The van der Waals surface area contributed by atoms with Gasteiger partial charge in [0, 0.05) is 16.7 Å². The molecule has 1 aromatic heterocycles. The van der Waals surface area contributed by atoms with E-state index in [-0.39, 0.29) is 5.69 Å². The Bertz CT molecular complexity index is 572. The molecule has 1 aromatic carbocycles. The summed E-state index contributed by atoms with van der Waals surface area (Å²) in [4.78, 5) is 15.2. The van der Waals surface area contributed by atoms with Crippen molar-refractivity contribution in [1.29, 1.82) is 0 Å². The normalized spacial score (nSPS) is 9.89. The molecule has 0 saturated carbocycles. The summed E-state index contributed by atoms with van der Waals surface area (Å²) < 4.78 is 11.1. The van der Waals surface area contributed by atoms with Gasteiger partial charge in [0.2, 0.25) is 0 Å². The largest absolute Gasteiger partial charge is 0.464 e. The predicted octanol–water partition coefficient (Wildman–Crippen LogP) is 3.42. The number of carbonyl (C=O) groups excluding carboxylic acids is 1. The quantitative estimate of drug-likeness (QED) is 0.815. The van der Waals surface area contributed by atoms with Crippen LogP contribution in [0.15, 0.2) is 47.1 Å². The summed E-state index contributed by atoms with van der Waals surface area (Å²) in [6.45, 7) is 0. The van der Waals surface area contributed by atoms with Gasteiger partial charge in [-0.15, -0.1) is 0 Å². The highest BCUT2D eigenvalue weighted by molar-refractivity contribution is 9.10. The number of benzene rings is 1. The van der Waals surface area contributed by atoms with Crippen molar-refractivity contribution in [3.05, 3.63) is 52.8 Å². The second-order valence-electron chi connectivity index (χ2n) is 3.43. The fourth-order valence-corrected chi connectivity index (χ4v) is 1.74. The van der Waals surface area contributed by atoms with Gasteiger partial charge in [0.15, 0.2) is 5.69 Å². The number of nitrogens with zero attached hydrogens (tertiary/aromatic N) is 1. The van der Waals surface area contributed by atoms with E-state index in [0.717, 1.165) is 4.47 Å². The first-order chi connectivity index (χ1) is 8.69. The Balaban J connectivity index is 2.22. The van der Waals surface area contributed by atoms with Gasteiger partial charge in [-0.05, 0) is 24.3 Å². The smallest absolute Gasteiger partial charge is 0.356 e. The Morgan fingerprint density at radius 1 is 1.22 bits per heavy atom. The maximum absolute atomic E-state index is 11.3. The number of halogens is 1. The average molecular weight is 308 g/mol. The number of hydrogen-bond donors (Lipinski definition) is 0. The van der Waals surface area contributed by atoms with Gasteiger partial charge in [0.1, 0.15) is 11.5 Å². The number of ether oxygens (including phenoxy) is 2. The summed E-state index contributed by atoms with van der Waals surface area (Å²) in [6.07, 6.45) is 1.50. The van der Waals surface area contributed by atoms with Crippen LogP contribution in [0.5, 0.6) is 11.5 Å². The molecule has 2 aromatic rings. The lowest BCUT2D eigenvalue weighted by atomic mass is 10.3. The Morgan fingerprint density at radius 2 is 2.00 bits per heavy atom. The molecular formula is C13H10BrNO3. The molecule has 0 fully saturated rings. The molecule has 0 unspecified atom stereocenters. The molecule has 18 heavy (non-hydrogen) atoms. The summed E-state index contributed by atoms with van der Waals surface area (Å²) in [5, 5.41) is 0. The third-order valence-corrected chi connectivity index (χ3v) is 2.65. The summed E-state index contributed by atoms with van der Waals surface area (Å²) >= 11 is 3.36. The highest BCUT2D eigenvalue weighted by Gasteiger charge is 2.08. The van der Waals surface area contributed by atoms with Crippen molar-refractivity contribution in [3.8, 4) is 11.5 Å². The first-order valence-electron chi connectivity index (χ1n) is 5.17. The molecule has 0 aliphatic heterocycles. The predicted molar refractivity (Wildman–Crippen MR) is 69.8 cm³/mol. The van der Waals surface area contributed by atoms with E-state index in [1.165, 1.54) is 19.4 Å². The number of methoxy groups -OCH3 is 1. The zero-order valence-electron chi connectivity index (χ0n) is 9.59. The zero-order valence-corrected chi connectivity index (χ0v) is 11.2. The number of aromatic nitrogens is 1. The molecule has 5 heteroatoms. The second kappa shape index (κ2) is 5.64. The Kier molecular flexibility index (Phi) is 3.94. The molecule has 0 spiro atoms. The van der Waals surface area contributed by atoms with Gasteiger partial charge in [0.25, 0.3) is 0 Å². The Morgan fingerprint density at radius 3 is 2.72 bits per heavy atom. The van der Waals surface area contributed by atoms with E-state index in [9.17, 15) is 4.79 Å². The molecule has 2 rings (SSSR count). The topological polar surface area (TPSA) is 48.4 Å². The Labute approximate surface area is 113 Å². The van der Waals surface area contributed by atoms with Crippen LogP contribution in [0.1, 0.15) is 10.5 Å². The van der Waals surface area contributed by atoms with E-state index < -0.39 is 5.97 Å². The summed E-state index contributed by atoms with van der Waals surface area (Å²) in [7, 11) is 1.31. The van der Waals surface area contributed by atoms with Gasteiger partial charge in [0.05, 0.1) is 7.11 Å². The molecule has 0 atom stereocenters. The maximum Gasteiger partial charge on any atom is 0.356 e. The standard InChI is InChI=1S/C13H10BrNO3/c1-17-13(16)12-8-11(5-6-15-12)18-10-4-2-3-9(14)7-10/h2-8H,1H3. The van der Waals surface area contributed by atoms with Crippen LogP contribution in [0, 0.1) is 0 Å². The van der Waals surface area contributed by atoms with Crippen LogP contribution in [0.4, 0.5) is 0 Å². The molecule has 4 nitrogen and oxygen atoms in total. The van der Waals surface area contributed by atoms with Crippen molar-refractivity contribution < 1.29 is 14.3 Å². The van der Waals surface area contributed by atoms with E-state index in [2.05, 4.69) is 25.7 Å². The molecule has 0 N–H and O–H groups in total. The fraction of sp³-hybridized carbons (Fsp3) is 0.0769. The van der Waals surface area contributed by atoms with E-state index in [4.69, 9.17) is 4.74 Å². The zero-order chi connectivity index (χ0) is 13.0. The monoisotopic (exact) mass is 307 g/mol. The van der Waals surface area contributed by atoms with Crippen molar-refractivity contribution in [2.24, 2.45) is 0 Å². The van der Waals surface area contributed by atoms with E-state index in [1.807, 2.05) is 24.3 Å². The minimum Gasteiger partial charge on any atom is -0.464 e. The molecule has 0 radical (unpaired) electrons. The van der Waals surface area contributed by atoms with Crippen molar-refractivity contribution >= 4 is 21.9 Å². The minimum absolute atomic E-state index is 0.213. The molecule has 1 heterocycles. The van der Waals surface area contributed by atoms with Gasteiger partial charge >= 0.3 is 5.97 Å². The van der Waals surface area contributed by atoms with Crippen molar-refractivity contribution in [3.63, 3.8) is 0 Å². The van der Waals surface area contributed by atoms with Crippen molar-refractivity contribution in [1.82, 2.24) is 4.98 Å². The third kappa shape index (κ3) is 3.07. The Hall–Kier alpha value is -1.88. The first kappa shape index (κ1) is 12.6. The molecule has 0 saturated heterocycles. The van der Waals surface area contributed by atoms with E-state index in [1.54, 1.807) is 6.07 Å². The highest BCUT2D eigenvalue weighted by Crippen LogP contribution is 2.24. The van der Waals surface area contributed by atoms with Crippen LogP contribution in [0.2, 0.25) is 0 Å². The minimum atomic E-state index is -0.491. The van der Waals surface area contributed by atoms with Crippen molar-refractivity contribution in [2.45, 2.75) is 0 Å². The van der Waals surface area contributed by atoms with Crippen LogP contribution < -0.4 is 4.74 Å². The third-order valence-electron chi connectivity index (χ3n) is 2.16. The van der Waals surface area contributed by atoms with Crippen LogP contribution in [-0.4, -0.2) is 18.1 Å². The summed E-state index contributed by atoms with van der Waals surface area (Å²) in [5.74, 6) is 0.713. The second-order valence-corrected chi connectivity index (χ2v) is 4.34. The first-order valence-corrected chi connectivity index (χ1v) is 5.96. The number of rotatable bonds is 3. The number of carbonyl (C=O) groups is 1. The lowest BCUT2D eigenvalue weighted by Gasteiger charge is -2.06. The van der Waals surface area contributed by atoms with E-state index in [0.29, 0.717) is 11.5 Å². The molecule has 0 aliphatic rings. The van der Waals surface area contributed by atoms with Gasteiger partial charge in [-0.1, -0.05) is 22.0 Å². The molecular weight excluding hydrogens is 298 g/mol. The number of hydrogen-bond acceptors (Lipinski definition) is 4. The van der Waals surface area contributed by atoms with Crippen molar-refractivity contribution in [2.75, 3.05) is 7.11 Å². The fourth-order valence-electron chi connectivity index (χ4n) is 1.36. The van der Waals surface area contributed by atoms with E-state index >= 15 is 0 Å². The number of pyridine rings is 1. The molecule has 0 aliphatic carbocycles. The van der Waals surface area contributed by atoms with Crippen LogP contribution in [0.25, 0.3) is 0 Å². The van der Waals surface area contributed by atoms with Gasteiger partial charge in [-0.2, -0.15) is 0 Å². The number of esters is 1. The molecule has 92 valence electrons. The lowest BCUT2D eigenvalue weighted by Crippen LogP contribution is -2.03. The molecule has 0 bridgehead atoms.